The quantitative estimate of drug-likeness (QED) is 0.799. The molecular weight excluding hydrogens is 330 g/mol. The van der Waals surface area contributed by atoms with E-state index in [1.807, 2.05) is 6.07 Å². The standard InChI is InChI=1S/C20H23N3O3/c1-26-13-20(8-4-9-20)12-23-19(25)15-6-2-5-14(11-15)17-16(18(21)24)7-3-10-22-17/h2-3,5-7,10-11H,4,8-9,12-13H2,1H3,(H2,21,24)(H,23,25). The van der Waals surface area contributed by atoms with Crippen LogP contribution in [0.2, 0.25) is 0 Å². The maximum absolute atomic E-state index is 12.6. The zero-order chi connectivity index (χ0) is 18.6. The second-order valence-electron chi connectivity index (χ2n) is 6.81. The van der Waals surface area contributed by atoms with E-state index in [1.54, 1.807) is 43.6 Å². The van der Waals surface area contributed by atoms with E-state index in [0.717, 1.165) is 12.8 Å². The van der Waals surface area contributed by atoms with Gasteiger partial charge in [0.1, 0.15) is 0 Å². The van der Waals surface area contributed by atoms with E-state index in [9.17, 15) is 9.59 Å². The number of nitrogens with zero attached hydrogens (tertiary/aromatic N) is 1. The average molecular weight is 353 g/mol. The number of rotatable bonds is 7. The number of amides is 2. The SMILES string of the molecule is COCC1(CNC(=O)c2cccc(-c3ncccc3C(N)=O)c2)CCC1. The summed E-state index contributed by atoms with van der Waals surface area (Å²) in [5, 5.41) is 3.01. The highest BCUT2D eigenvalue weighted by molar-refractivity contribution is 6.00. The molecule has 2 amide bonds. The molecule has 0 bridgehead atoms. The third-order valence-electron chi connectivity index (χ3n) is 4.96. The van der Waals surface area contributed by atoms with Gasteiger partial charge >= 0.3 is 0 Å². The Hall–Kier alpha value is -2.73. The Morgan fingerprint density at radius 2 is 2.08 bits per heavy atom. The van der Waals surface area contributed by atoms with Crippen LogP contribution in [0.4, 0.5) is 0 Å². The molecule has 1 fully saturated rings. The van der Waals surface area contributed by atoms with Crippen LogP contribution in [0.15, 0.2) is 42.6 Å². The number of hydrogen-bond acceptors (Lipinski definition) is 4. The van der Waals surface area contributed by atoms with E-state index in [4.69, 9.17) is 10.5 Å². The number of primary amides is 1. The number of aromatic nitrogens is 1. The van der Waals surface area contributed by atoms with Crippen molar-refractivity contribution in [2.75, 3.05) is 20.3 Å². The lowest BCUT2D eigenvalue weighted by atomic mass is 9.69. The second-order valence-corrected chi connectivity index (χ2v) is 6.81. The second kappa shape index (κ2) is 7.66. The summed E-state index contributed by atoms with van der Waals surface area (Å²) in [4.78, 5) is 28.4. The molecule has 0 spiro atoms. The van der Waals surface area contributed by atoms with Crippen molar-refractivity contribution in [2.24, 2.45) is 11.1 Å². The topological polar surface area (TPSA) is 94.3 Å². The maximum Gasteiger partial charge on any atom is 0.251 e. The van der Waals surface area contributed by atoms with Crippen LogP contribution >= 0.6 is 0 Å². The monoisotopic (exact) mass is 353 g/mol. The van der Waals surface area contributed by atoms with Crippen molar-refractivity contribution in [3.63, 3.8) is 0 Å². The van der Waals surface area contributed by atoms with E-state index in [2.05, 4.69) is 10.3 Å². The number of ether oxygens (including phenoxy) is 1. The molecule has 6 nitrogen and oxygen atoms in total. The van der Waals surface area contributed by atoms with Crippen molar-refractivity contribution < 1.29 is 14.3 Å². The number of carbonyl (C=O) groups is 2. The maximum atomic E-state index is 12.6. The van der Waals surface area contributed by atoms with Crippen molar-refractivity contribution in [2.45, 2.75) is 19.3 Å². The Labute approximate surface area is 152 Å². The Kier molecular flexibility index (Phi) is 5.32. The van der Waals surface area contributed by atoms with E-state index >= 15 is 0 Å². The largest absolute Gasteiger partial charge is 0.384 e. The van der Waals surface area contributed by atoms with Gasteiger partial charge in [0.05, 0.1) is 17.9 Å². The minimum Gasteiger partial charge on any atom is -0.384 e. The normalized spacial score (nSPS) is 15.1. The fourth-order valence-corrected chi connectivity index (χ4v) is 3.37. The van der Waals surface area contributed by atoms with E-state index in [1.165, 1.54) is 6.42 Å². The molecule has 0 saturated heterocycles. The molecule has 1 heterocycles. The summed E-state index contributed by atoms with van der Waals surface area (Å²) in [5.74, 6) is -0.694. The van der Waals surface area contributed by atoms with Crippen molar-refractivity contribution >= 4 is 11.8 Å². The van der Waals surface area contributed by atoms with Crippen LogP contribution in [0.5, 0.6) is 0 Å². The first-order chi connectivity index (χ1) is 12.5. The zero-order valence-electron chi connectivity index (χ0n) is 14.8. The number of nitrogens with two attached hydrogens (primary N) is 1. The summed E-state index contributed by atoms with van der Waals surface area (Å²) in [6.45, 7) is 1.25. The lowest BCUT2D eigenvalue weighted by Gasteiger charge is -2.41. The van der Waals surface area contributed by atoms with Gasteiger partial charge in [-0.05, 0) is 37.1 Å². The minimum absolute atomic E-state index is 0.0577. The smallest absolute Gasteiger partial charge is 0.251 e. The number of nitrogens with one attached hydrogen (secondary N) is 1. The highest BCUT2D eigenvalue weighted by atomic mass is 16.5. The molecule has 3 rings (SSSR count). The molecule has 1 aliphatic rings. The molecule has 0 unspecified atom stereocenters. The number of benzene rings is 1. The van der Waals surface area contributed by atoms with Crippen LogP contribution in [0.25, 0.3) is 11.3 Å². The van der Waals surface area contributed by atoms with Crippen LogP contribution < -0.4 is 11.1 Å². The molecule has 1 aromatic carbocycles. The van der Waals surface area contributed by atoms with Crippen molar-refractivity contribution in [3.8, 4) is 11.3 Å². The van der Waals surface area contributed by atoms with Gasteiger partial charge in [0.15, 0.2) is 0 Å². The van der Waals surface area contributed by atoms with Crippen LogP contribution in [-0.2, 0) is 4.74 Å². The Balaban J connectivity index is 1.77. The van der Waals surface area contributed by atoms with Crippen molar-refractivity contribution in [1.82, 2.24) is 10.3 Å². The van der Waals surface area contributed by atoms with Crippen LogP contribution in [0.3, 0.4) is 0 Å². The summed E-state index contributed by atoms with van der Waals surface area (Å²) < 4.78 is 5.30. The molecular formula is C20H23N3O3. The van der Waals surface area contributed by atoms with Crippen molar-refractivity contribution in [3.05, 3.63) is 53.7 Å². The van der Waals surface area contributed by atoms with Gasteiger partial charge < -0.3 is 15.8 Å². The Bertz CT molecular complexity index is 815. The molecule has 0 aliphatic heterocycles. The fraction of sp³-hybridized carbons (Fsp3) is 0.350. The molecule has 0 atom stereocenters. The predicted molar refractivity (Wildman–Crippen MR) is 98.7 cm³/mol. The first-order valence-corrected chi connectivity index (χ1v) is 8.67. The van der Waals surface area contributed by atoms with Gasteiger partial charge in [-0.3, -0.25) is 14.6 Å². The van der Waals surface area contributed by atoms with Gasteiger partial charge in [-0.25, -0.2) is 0 Å². The third kappa shape index (κ3) is 3.75. The lowest BCUT2D eigenvalue weighted by molar-refractivity contribution is 0.0180. The first-order valence-electron chi connectivity index (χ1n) is 8.67. The Morgan fingerprint density at radius 1 is 1.27 bits per heavy atom. The highest BCUT2D eigenvalue weighted by Gasteiger charge is 2.37. The van der Waals surface area contributed by atoms with Crippen LogP contribution in [0.1, 0.15) is 40.0 Å². The van der Waals surface area contributed by atoms with E-state index < -0.39 is 5.91 Å². The molecule has 3 N–H and O–H groups in total. The summed E-state index contributed by atoms with van der Waals surface area (Å²) in [5.41, 5.74) is 7.50. The van der Waals surface area contributed by atoms with E-state index in [0.29, 0.717) is 35.5 Å². The number of methoxy groups -OCH3 is 1. The predicted octanol–water partition coefficient (Wildman–Crippen LogP) is 2.39. The van der Waals surface area contributed by atoms with Gasteiger partial charge in [-0.2, -0.15) is 0 Å². The van der Waals surface area contributed by atoms with Gasteiger partial charge in [-0.1, -0.05) is 18.6 Å². The van der Waals surface area contributed by atoms with Crippen LogP contribution in [-0.4, -0.2) is 37.1 Å². The zero-order valence-corrected chi connectivity index (χ0v) is 14.8. The lowest BCUT2D eigenvalue weighted by Crippen LogP contribution is -2.45. The first kappa shape index (κ1) is 18.1. The molecule has 26 heavy (non-hydrogen) atoms. The molecule has 0 radical (unpaired) electrons. The molecule has 136 valence electrons. The summed E-state index contributed by atoms with van der Waals surface area (Å²) >= 11 is 0. The van der Waals surface area contributed by atoms with Gasteiger partial charge in [0.2, 0.25) is 0 Å². The van der Waals surface area contributed by atoms with E-state index in [-0.39, 0.29) is 11.3 Å². The van der Waals surface area contributed by atoms with Gasteiger partial charge in [-0.15, -0.1) is 0 Å². The van der Waals surface area contributed by atoms with Crippen LogP contribution in [0, 0.1) is 5.41 Å². The van der Waals surface area contributed by atoms with Crippen molar-refractivity contribution in [1.29, 1.82) is 0 Å². The molecule has 6 heteroatoms. The number of pyridine rings is 1. The summed E-state index contributed by atoms with van der Waals surface area (Å²) in [6.07, 6.45) is 4.90. The summed E-state index contributed by atoms with van der Waals surface area (Å²) in [6, 6.07) is 10.3. The number of hydrogen-bond donors (Lipinski definition) is 2. The molecule has 1 saturated carbocycles. The highest BCUT2D eigenvalue weighted by Crippen LogP contribution is 2.40. The average Bonchev–Trinajstić information content (AvgIpc) is 2.63. The molecule has 1 aromatic heterocycles. The fourth-order valence-electron chi connectivity index (χ4n) is 3.37. The summed E-state index contributed by atoms with van der Waals surface area (Å²) in [7, 11) is 1.69. The van der Waals surface area contributed by atoms with Gasteiger partial charge in [0.25, 0.3) is 11.8 Å². The third-order valence-corrected chi connectivity index (χ3v) is 4.96. The molecule has 2 aromatic rings. The molecule has 1 aliphatic carbocycles. The Morgan fingerprint density at radius 3 is 2.73 bits per heavy atom. The van der Waals surface area contributed by atoms with Gasteiger partial charge in [0, 0.05) is 36.4 Å². The number of carbonyl (C=O) groups excluding carboxylic acids is 2. The minimum atomic E-state index is -0.547.